The van der Waals surface area contributed by atoms with Crippen LogP contribution in [0.15, 0.2) is 65.8 Å². The number of ether oxygens (including phenoxy) is 2. The van der Waals surface area contributed by atoms with Gasteiger partial charge in [0.15, 0.2) is 11.5 Å². The molecule has 4 rings (SSSR count). The standard InChI is InChI=1S/C24H23FN2O3S/c25-19-8-5-17(6-9-19)3-2-14-31-24-20(4-1-11-26-24)23(28)27-16-18-7-10-21-22(15-18)30-13-12-29-21/h1,4-11,15H,2-3,12-14,16H2,(H,27,28). The van der Waals surface area contributed by atoms with Crippen LogP contribution in [0.2, 0.25) is 0 Å². The summed E-state index contributed by atoms with van der Waals surface area (Å²) in [5, 5.41) is 3.67. The number of pyridine rings is 1. The van der Waals surface area contributed by atoms with Crippen molar-refractivity contribution in [1.82, 2.24) is 10.3 Å². The van der Waals surface area contributed by atoms with Crippen molar-refractivity contribution >= 4 is 17.7 Å². The summed E-state index contributed by atoms with van der Waals surface area (Å²) in [5.41, 5.74) is 2.60. The molecule has 2 heterocycles. The number of thioether (sulfide) groups is 1. The summed E-state index contributed by atoms with van der Waals surface area (Å²) in [4.78, 5) is 17.1. The summed E-state index contributed by atoms with van der Waals surface area (Å²) < 4.78 is 24.1. The minimum absolute atomic E-state index is 0.163. The Morgan fingerprint density at radius 1 is 1.03 bits per heavy atom. The number of halogens is 1. The summed E-state index contributed by atoms with van der Waals surface area (Å²) >= 11 is 1.56. The zero-order valence-electron chi connectivity index (χ0n) is 17.0. The lowest BCUT2D eigenvalue weighted by molar-refractivity contribution is 0.0947. The fourth-order valence-corrected chi connectivity index (χ4v) is 4.18. The monoisotopic (exact) mass is 438 g/mol. The first-order chi connectivity index (χ1) is 15.2. The van der Waals surface area contributed by atoms with Gasteiger partial charge in [0.1, 0.15) is 24.1 Å². The van der Waals surface area contributed by atoms with E-state index in [1.54, 1.807) is 42.2 Å². The molecule has 0 fully saturated rings. The van der Waals surface area contributed by atoms with Crippen LogP contribution in [0.3, 0.4) is 0 Å². The lowest BCUT2D eigenvalue weighted by Crippen LogP contribution is -2.24. The number of rotatable bonds is 8. The zero-order valence-corrected chi connectivity index (χ0v) is 17.8. The third-order valence-corrected chi connectivity index (χ3v) is 5.93. The largest absolute Gasteiger partial charge is 0.486 e. The quantitative estimate of drug-likeness (QED) is 0.410. The fourth-order valence-electron chi connectivity index (χ4n) is 3.25. The highest BCUT2D eigenvalue weighted by atomic mass is 32.2. The summed E-state index contributed by atoms with van der Waals surface area (Å²) in [6.45, 7) is 1.47. The number of hydrogen-bond donors (Lipinski definition) is 1. The van der Waals surface area contributed by atoms with Crippen LogP contribution in [0.4, 0.5) is 4.39 Å². The molecule has 1 aromatic heterocycles. The Labute approximate surface area is 185 Å². The van der Waals surface area contributed by atoms with Crippen molar-refractivity contribution in [3.8, 4) is 11.5 Å². The minimum atomic E-state index is -0.224. The third-order valence-electron chi connectivity index (χ3n) is 4.84. The summed E-state index contributed by atoms with van der Waals surface area (Å²) in [5.74, 6) is 1.86. The maximum absolute atomic E-state index is 13.0. The molecule has 160 valence electrons. The molecule has 1 amide bonds. The Morgan fingerprint density at radius 2 is 1.81 bits per heavy atom. The Hall–Kier alpha value is -3.06. The molecule has 1 aliphatic rings. The lowest BCUT2D eigenvalue weighted by atomic mass is 10.1. The van der Waals surface area contributed by atoms with Gasteiger partial charge in [0, 0.05) is 12.7 Å². The van der Waals surface area contributed by atoms with Gasteiger partial charge >= 0.3 is 0 Å². The van der Waals surface area contributed by atoms with Gasteiger partial charge in [0.2, 0.25) is 0 Å². The van der Waals surface area contributed by atoms with E-state index in [2.05, 4.69) is 10.3 Å². The number of nitrogens with one attached hydrogen (secondary N) is 1. The molecule has 0 unspecified atom stereocenters. The molecule has 3 aromatic rings. The maximum Gasteiger partial charge on any atom is 0.254 e. The molecule has 0 atom stereocenters. The van der Waals surface area contributed by atoms with E-state index in [1.165, 1.54) is 12.1 Å². The summed E-state index contributed by atoms with van der Waals surface area (Å²) in [7, 11) is 0. The first kappa shape index (κ1) is 21.2. The van der Waals surface area contributed by atoms with Crippen molar-refractivity contribution in [1.29, 1.82) is 0 Å². The second-order valence-electron chi connectivity index (χ2n) is 7.10. The Bertz CT molecular complexity index is 1040. The molecule has 31 heavy (non-hydrogen) atoms. The van der Waals surface area contributed by atoms with E-state index in [0.29, 0.717) is 36.1 Å². The van der Waals surface area contributed by atoms with Crippen molar-refractivity contribution in [2.24, 2.45) is 0 Å². The van der Waals surface area contributed by atoms with Gasteiger partial charge in [-0.25, -0.2) is 9.37 Å². The number of fused-ring (bicyclic) bond motifs is 1. The van der Waals surface area contributed by atoms with Crippen molar-refractivity contribution in [3.63, 3.8) is 0 Å². The first-order valence-corrected chi connectivity index (χ1v) is 11.2. The van der Waals surface area contributed by atoms with Gasteiger partial charge in [-0.15, -0.1) is 11.8 Å². The summed E-state index contributed by atoms with van der Waals surface area (Å²) in [6, 6.07) is 15.8. The molecule has 0 bridgehead atoms. The van der Waals surface area contributed by atoms with Gasteiger partial charge in [-0.1, -0.05) is 18.2 Å². The molecule has 2 aromatic carbocycles. The van der Waals surface area contributed by atoms with E-state index in [-0.39, 0.29) is 11.7 Å². The summed E-state index contributed by atoms with van der Waals surface area (Å²) in [6.07, 6.45) is 3.46. The predicted octanol–water partition coefficient (Wildman–Crippen LogP) is 4.65. The Balaban J connectivity index is 1.30. The van der Waals surface area contributed by atoms with Crippen LogP contribution >= 0.6 is 11.8 Å². The van der Waals surface area contributed by atoms with Crippen LogP contribution in [-0.4, -0.2) is 29.9 Å². The van der Waals surface area contributed by atoms with Gasteiger partial charge in [0.05, 0.1) is 5.56 Å². The number of aryl methyl sites for hydroxylation is 1. The number of carbonyl (C=O) groups excluding carboxylic acids is 1. The van der Waals surface area contributed by atoms with E-state index in [0.717, 1.165) is 35.5 Å². The van der Waals surface area contributed by atoms with Gasteiger partial charge in [-0.2, -0.15) is 0 Å². The average Bonchev–Trinajstić information content (AvgIpc) is 2.81. The lowest BCUT2D eigenvalue weighted by Gasteiger charge is -2.19. The van der Waals surface area contributed by atoms with Crippen molar-refractivity contribution < 1.29 is 18.7 Å². The highest BCUT2D eigenvalue weighted by Crippen LogP contribution is 2.30. The van der Waals surface area contributed by atoms with Crippen molar-refractivity contribution in [3.05, 3.63) is 83.3 Å². The molecular weight excluding hydrogens is 415 g/mol. The van der Waals surface area contributed by atoms with Crippen LogP contribution in [0.5, 0.6) is 11.5 Å². The molecule has 5 nitrogen and oxygen atoms in total. The van der Waals surface area contributed by atoms with Crippen LogP contribution in [0, 0.1) is 5.82 Å². The minimum Gasteiger partial charge on any atom is -0.486 e. The maximum atomic E-state index is 13.0. The van der Waals surface area contributed by atoms with Crippen LogP contribution in [-0.2, 0) is 13.0 Å². The second-order valence-corrected chi connectivity index (χ2v) is 8.18. The fraction of sp³-hybridized carbons (Fsp3) is 0.250. The van der Waals surface area contributed by atoms with Gasteiger partial charge in [0.25, 0.3) is 5.91 Å². The van der Waals surface area contributed by atoms with E-state index in [1.807, 2.05) is 18.2 Å². The molecule has 0 spiro atoms. The van der Waals surface area contributed by atoms with Crippen molar-refractivity contribution in [2.45, 2.75) is 24.4 Å². The van der Waals surface area contributed by atoms with Crippen LogP contribution < -0.4 is 14.8 Å². The number of amides is 1. The van der Waals surface area contributed by atoms with E-state index >= 15 is 0 Å². The predicted molar refractivity (Wildman–Crippen MR) is 118 cm³/mol. The highest BCUT2D eigenvalue weighted by molar-refractivity contribution is 7.99. The molecule has 7 heteroatoms. The van der Waals surface area contributed by atoms with Crippen LogP contribution in [0.1, 0.15) is 27.9 Å². The number of hydrogen-bond acceptors (Lipinski definition) is 5. The zero-order chi connectivity index (χ0) is 21.5. The third kappa shape index (κ3) is 5.76. The number of carbonyl (C=O) groups is 1. The van der Waals surface area contributed by atoms with Gasteiger partial charge in [-0.3, -0.25) is 4.79 Å². The average molecular weight is 439 g/mol. The molecule has 0 aliphatic carbocycles. The van der Waals surface area contributed by atoms with Gasteiger partial charge in [-0.05, 0) is 66.1 Å². The number of benzene rings is 2. The second kappa shape index (κ2) is 10.3. The van der Waals surface area contributed by atoms with Crippen LogP contribution in [0.25, 0.3) is 0 Å². The molecule has 0 saturated heterocycles. The molecule has 0 radical (unpaired) electrons. The Kier molecular flexibility index (Phi) is 7.04. The Morgan fingerprint density at radius 3 is 2.65 bits per heavy atom. The van der Waals surface area contributed by atoms with Gasteiger partial charge < -0.3 is 14.8 Å². The first-order valence-electron chi connectivity index (χ1n) is 10.2. The number of nitrogens with zero attached hydrogens (tertiary/aromatic N) is 1. The molecular formula is C24H23FN2O3S. The smallest absolute Gasteiger partial charge is 0.254 e. The van der Waals surface area contributed by atoms with Crippen molar-refractivity contribution in [2.75, 3.05) is 19.0 Å². The molecule has 1 aliphatic heterocycles. The van der Waals surface area contributed by atoms with E-state index < -0.39 is 0 Å². The molecule has 0 saturated carbocycles. The highest BCUT2D eigenvalue weighted by Gasteiger charge is 2.15. The number of aromatic nitrogens is 1. The molecule has 1 N–H and O–H groups in total. The van der Waals surface area contributed by atoms with E-state index in [9.17, 15) is 9.18 Å². The normalized spacial score (nSPS) is 12.4. The topological polar surface area (TPSA) is 60.5 Å². The SMILES string of the molecule is O=C(NCc1ccc2c(c1)OCCO2)c1cccnc1SCCCc1ccc(F)cc1. The van der Waals surface area contributed by atoms with E-state index in [4.69, 9.17) is 9.47 Å².